The standard InChI is InChI=1S/C24H26N4O3S/c1-18(29)10-4-2-7-14-21(24-26-17-22(27-24)19-11-5-3-6-12-19)28-32(30,31)23-15-9-8-13-20(23)16-25/h3,5-6,8-9,11-13,15,17,21,27-28H,2,4,7,10,14H2,1H3/q+1/t21-/m0/s1. The Morgan fingerprint density at radius 3 is 2.53 bits per heavy atom. The predicted molar refractivity (Wildman–Crippen MR) is 124 cm³/mol. The van der Waals surface area contributed by atoms with Crippen LogP contribution in [0.4, 0.5) is 0 Å². The molecule has 0 saturated heterocycles. The highest BCUT2D eigenvalue weighted by Crippen LogP contribution is 2.18. The fourth-order valence-electron chi connectivity index (χ4n) is 3.47. The summed E-state index contributed by atoms with van der Waals surface area (Å²) in [5, 5.41) is 12.6. The van der Waals surface area contributed by atoms with Gasteiger partial charge in [-0.25, -0.2) is 13.7 Å². The third-order valence-corrected chi connectivity index (χ3v) is 6.66. The third kappa shape index (κ3) is 6.13. The molecule has 1 aliphatic rings. The van der Waals surface area contributed by atoms with Crippen LogP contribution in [-0.4, -0.2) is 26.1 Å². The van der Waals surface area contributed by atoms with Crippen molar-refractivity contribution < 1.29 is 13.2 Å². The Morgan fingerprint density at radius 1 is 1.09 bits per heavy atom. The summed E-state index contributed by atoms with van der Waals surface area (Å²) in [5.41, 5.74) is 1.83. The maximum Gasteiger partial charge on any atom is 0.314 e. The van der Waals surface area contributed by atoms with Gasteiger partial charge in [-0.3, -0.25) is 0 Å². The molecule has 0 unspecified atom stereocenters. The normalized spacial score (nSPS) is 14.1. The summed E-state index contributed by atoms with van der Waals surface area (Å²) in [4.78, 5) is 15.6. The van der Waals surface area contributed by atoms with Crippen molar-refractivity contribution in [3.63, 3.8) is 0 Å². The number of amidine groups is 1. The fraction of sp³-hybridized carbons (Fsp3) is 0.292. The van der Waals surface area contributed by atoms with Crippen molar-refractivity contribution in [1.29, 1.82) is 5.26 Å². The zero-order valence-corrected chi connectivity index (χ0v) is 18.7. The van der Waals surface area contributed by atoms with Gasteiger partial charge in [0, 0.05) is 12.0 Å². The quantitative estimate of drug-likeness (QED) is 0.511. The van der Waals surface area contributed by atoms with Crippen LogP contribution in [0.5, 0.6) is 0 Å². The lowest BCUT2D eigenvalue weighted by Gasteiger charge is -2.16. The van der Waals surface area contributed by atoms with E-state index >= 15 is 0 Å². The average Bonchev–Trinajstić information content (AvgIpc) is 3.28. The molecule has 0 aromatic heterocycles. The number of hydrogen-bond donors (Lipinski definition) is 2. The molecule has 0 bridgehead atoms. The Labute approximate surface area is 188 Å². The maximum atomic E-state index is 13.1. The van der Waals surface area contributed by atoms with E-state index in [0.29, 0.717) is 18.7 Å². The lowest BCUT2D eigenvalue weighted by molar-refractivity contribution is -0.117. The third-order valence-electron chi connectivity index (χ3n) is 5.13. The van der Waals surface area contributed by atoms with Gasteiger partial charge in [-0.15, -0.1) is 0 Å². The Kier molecular flexibility index (Phi) is 7.92. The van der Waals surface area contributed by atoms with Crippen LogP contribution in [0.3, 0.4) is 0 Å². The Morgan fingerprint density at radius 2 is 1.81 bits per heavy atom. The second-order valence-corrected chi connectivity index (χ2v) is 9.31. The molecule has 1 atom stereocenters. The smallest absolute Gasteiger partial charge is 0.300 e. The van der Waals surface area contributed by atoms with Gasteiger partial charge in [0.15, 0.2) is 11.9 Å². The molecule has 0 spiro atoms. The molecule has 2 N–H and O–H groups in total. The number of rotatable bonds is 11. The minimum Gasteiger partial charge on any atom is -0.300 e. The van der Waals surface area contributed by atoms with Gasteiger partial charge in [0.2, 0.25) is 10.0 Å². The van der Waals surface area contributed by atoms with Gasteiger partial charge in [-0.1, -0.05) is 55.3 Å². The lowest BCUT2D eigenvalue weighted by Crippen LogP contribution is -2.46. The first-order chi connectivity index (χ1) is 15.4. The average molecular weight is 451 g/mol. The van der Waals surface area contributed by atoms with E-state index in [0.717, 1.165) is 30.5 Å². The number of Topliss-reactive ketones (excluding diaryl/α,β-unsaturated/α-hetero) is 1. The maximum absolute atomic E-state index is 13.1. The Bertz CT molecular complexity index is 1170. The van der Waals surface area contributed by atoms with E-state index < -0.39 is 16.1 Å². The van der Waals surface area contributed by atoms with Crippen LogP contribution in [-0.2, 0) is 14.8 Å². The van der Waals surface area contributed by atoms with Gasteiger partial charge >= 0.3 is 5.84 Å². The van der Waals surface area contributed by atoms with Gasteiger partial charge in [-0.2, -0.15) is 9.98 Å². The molecule has 165 valence electrons. The van der Waals surface area contributed by atoms with Crippen LogP contribution < -0.4 is 15.0 Å². The molecular weight excluding hydrogens is 424 g/mol. The van der Waals surface area contributed by atoms with Crippen molar-refractivity contribution in [2.75, 3.05) is 0 Å². The summed E-state index contributed by atoms with van der Waals surface area (Å²) in [7, 11) is -3.95. The summed E-state index contributed by atoms with van der Waals surface area (Å²) < 4.78 is 28.9. The fourth-order valence-corrected chi connectivity index (χ4v) is 4.86. The minimum atomic E-state index is -3.95. The zero-order valence-electron chi connectivity index (χ0n) is 17.9. The van der Waals surface area contributed by atoms with E-state index in [1.54, 1.807) is 25.3 Å². The molecular formula is C24H26N4O3S+. The molecule has 0 amide bonds. The van der Waals surface area contributed by atoms with Gasteiger partial charge in [0.25, 0.3) is 0 Å². The number of nitrogens with one attached hydrogen (secondary N) is 2. The highest BCUT2D eigenvalue weighted by atomic mass is 32.2. The molecule has 3 rings (SSSR count). The van der Waals surface area contributed by atoms with Crippen LogP contribution in [0.25, 0.3) is 5.70 Å². The summed E-state index contributed by atoms with van der Waals surface area (Å²) in [5.74, 6) is 0.655. The van der Waals surface area contributed by atoms with Gasteiger partial charge in [0.05, 0.1) is 10.5 Å². The van der Waals surface area contributed by atoms with E-state index in [9.17, 15) is 18.5 Å². The van der Waals surface area contributed by atoms with E-state index in [-0.39, 0.29) is 16.2 Å². The minimum absolute atomic E-state index is 0.0566. The van der Waals surface area contributed by atoms with E-state index in [1.807, 2.05) is 36.4 Å². The molecule has 1 aliphatic heterocycles. The molecule has 1 heterocycles. The van der Waals surface area contributed by atoms with E-state index in [1.165, 1.54) is 12.1 Å². The number of nitriles is 1. The first-order valence-corrected chi connectivity index (χ1v) is 12.0. The van der Waals surface area contributed by atoms with Crippen molar-refractivity contribution in [2.45, 2.75) is 50.0 Å². The number of unbranched alkanes of at least 4 members (excludes halogenated alkanes) is 2. The van der Waals surface area contributed by atoms with Crippen molar-refractivity contribution in [3.8, 4) is 6.07 Å². The van der Waals surface area contributed by atoms with Crippen LogP contribution in [0.15, 0.2) is 65.7 Å². The van der Waals surface area contributed by atoms with Crippen molar-refractivity contribution in [1.82, 2.24) is 15.0 Å². The number of sulfonamides is 1. The molecule has 0 aliphatic carbocycles. The van der Waals surface area contributed by atoms with Crippen LogP contribution in [0, 0.1) is 11.3 Å². The van der Waals surface area contributed by atoms with Crippen molar-refractivity contribution >= 4 is 27.3 Å². The topological polar surface area (TPSA) is 113 Å². The number of ketones is 1. The summed E-state index contributed by atoms with van der Waals surface area (Å²) in [6, 6.07) is 17.1. The SMILES string of the molecule is CC(=O)CCCCC[C@H](NS(=O)(=O)c1ccccc1C#N)C1=[N+]C=C(c2ccccc2)N1. The number of carbonyl (C=O) groups excluding carboxylic acids is 1. The number of aliphatic imine (C=N–C) groups is 1. The van der Waals surface area contributed by atoms with Crippen LogP contribution in [0.2, 0.25) is 0 Å². The van der Waals surface area contributed by atoms with Gasteiger partial charge in [0.1, 0.15) is 17.9 Å². The largest absolute Gasteiger partial charge is 0.314 e. The molecule has 2 aromatic rings. The van der Waals surface area contributed by atoms with Gasteiger partial charge in [-0.05, 0) is 36.9 Å². The number of benzene rings is 2. The molecule has 1 radical (unpaired) electrons. The molecule has 0 saturated carbocycles. The summed E-state index contributed by atoms with van der Waals surface area (Å²) in [6.45, 7) is 1.57. The van der Waals surface area contributed by atoms with Crippen molar-refractivity contribution in [2.24, 2.45) is 0 Å². The van der Waals surface area contributed by atoms with Crippen LogP contribution in [0.1, 0.15) is 50.2 Å². The first kappa shape index (κ1) is 23.4. The number of nitrogens with zero attached hydrogens (tertiary/aromatic N) is 2. The molecule has 7 nitrogen and oxygen atoms in total. The monoisotopic (exact) mass is 450 g/mol. The second-order valence-electron chi connectivity index (χ2n) is 7.63. The zero-order chi connectivity index (χ0) is 23.0. The second kappa shape index (κ2) is 10.8. The predicted octanol–water partition coefficient (Wildman–Crippen LogP) is 3.08. The molecule has 8 heteroatoms. The molecule has 0 fully saturated rings. The van der Waals surface area contributed by atoms with E-state index in [2.05, 4.69) is 15.0 Å². The van der Waals surface area contributed by atoms with Crippen molar-refractivity contribution in [3.05, 3.63) is 71.9 Å². The lowest BCUT2D eigenvalue weighted by atomic mass is 10.1. The highest BCUT2D eigenvalue weighted by molar-refractivity contribution is 7.89. The molecule has 2 aromatic carbocycles. The Balaban J connectivity index is 1.75. The highest BCUT2D eigenvalue weighted by Gasteiger charge is 2.33. The number of carbonyl (C=O) groups is 1. The van der Waals surface area contributed by atoms with E-state index in [4.69, 9.17) is 0 Å². The molecule has 32 heavy (non-hydrogen) atoms. The summed E-state index contributed by atoms with van der Waals surface area (Å²) in [6.07, 6.45) is 5.00. The van der Waals surface area contributed by atoms with Crippen LogP contribution >= 0.6 is 0 Å². The first-order valence-electron chi connectivity index (χ1n) is 10.5. The van der Waals surface area contributed by atoms with Gasteiger partial charge < -0.3 is 4.79 Å². The Hall–Kier alpha value is -3.28. The number of hydrogen-bond acceptors (Lipinski definition) is 6. The summed E-state index contributed by atoms with van der Waals surface area (Å²) >= 11 is 0.